The van der Waals surface area contributed by atoms with Crippen molar-refractivity contribution in [1.82, 2.24) is 14.5 Å². The van der Waals surface area contributed by atoms with Crippen molar-refractivity contribution < 1.29 is 13.2 Å². The summed E-state index contributed by atoms with van der Waals surface area (Å²) in [5, 5.41) is 3.10. The van der Waals surface area contributed by atoms with Crippen LogP contribution in [0, 0.1) is 0 Å². The number of halogens is 1. The maximum Gasteiger partial charge on any atom is 0.252 e. The molecular formula is C19H26BrN3O3S. The van der Waals surface area contributed by atoms with Gasteiger partial charge in [-0.15, -0.1) is 0 Å². The normalized spacial score (nSPS) is 22.9. The summed E-state index contributed by atoms with van der Waals surface area (Å²) in [5.74, 6) is -0.204. The molecule has 2 saturated heterocycles. The summed E-state index contributed by atoms with van der Waals surface area (Å²) in [7, 11) is -3.53. The Morgan fingerprint density at radius 1 is 1.04 bits per heavy atom. The topological polar surface area (TPSA) is 69.7 Å². The van der Waals surface area contributed by atoms with E-state index in [0.717, 1.165) is 44.8 Å². The first-order chi connectivity index (χ1) is 12.9. The lowest BCUT2D eigenvalue weighted by atomic mass is 10.0. The van der Waals surface area contributed by atoms with Crippen LogP contribution >= 0.6 is 15.9 Å². The molecule has 0 bridgehead atoms. The number of likely N-dealkylation sites (tertiary alicyclic amines) is 1. The second kappa shape index (κ2) is 7.81. The van der Waals surface area contributed by atoms with Crippen LogP contribution in [0.3, 0.4) is 0 Å². The van der Waals surface area contributed by atoms with Crippen molar-refractivity contribution in [2.75, 3.05) is 26.2 Å². The molecule has 1 aliphatic carbocycles. The van der Waals surface area contributed by atoms with Crippen molar-refractivity contribution in [1.29, 1.82) is 0 Å². The molecule has 1 saturated carbocycles. The fourth-order valence-electron chi connectivity index (χ4n) is 4.03. The third kappa shape index (κ3) is 4.23. The number of sulfonamides is 1. The number of rotatable bonds is 5. The van der Waals surface area contributed by atoms with E-state index in [-0.39, 0.29) is 16.8 Å². The molecule has 3 fully saturated rings. The van der Waals surface area contributed by atoms with E-state index < -0.39 is 10.0 Å². The lowest BCUT2D eigenvalue weighted by Gasteiger charge is -2.32. The second-order valence-electron chi connectivity index (χ2n) is 7.77. The van der Waals surface area contributed by atoms with Crippen LogP contribution in [0.2, 0.25) is 0 Å². The molecule has 6 nitrogen and oxygen atoms in total. The van der Waals surface area contributed by atoms with Crippen molar-refractivity contribution in [3.63, 3.8) is 0 Å². The van der Waals surface area contributed by atoms with Gasteiger partial charge in [-0.05, 0) is 72.7 Å². The van der Waals surface area contributed by atoms with E-state index in [1.54, 1.807) is 12.1 Å². The number of nitrogens with zero attached hydrogens (tertiary/aromatic N) is 2. The van der Waals surface area contributed by atoms with E-state index in [4.69, 9.17) is 0 Å². The molecule has 148 valence electrons. The lowest BCUT2D eigenvalue weighted by molar-refractivity contribution is 0.0908. The van der Waals surface area contributed by atoms with Crippen molar-refractivity contribution in [3.05, 3.63) is 28.2 Å². The van der Waals surface area contributed by atoms with Crippen LogP contribution in [0.1, 0.15) is 48.9 Å². The lowest BCUT2D eigenvalue weighted by Crippen LogP contribution is -2.45. The van der Waals surface area contributed by atoms with E-state index in [2.05, 4.69) is 26.1 Å². The highest BCUT2D eigenvalue weighted by Gasteiger charge is 2.33. The Morgan fingerprint density at radius 2 is 1.70 bits per heavy atom. The summed E-state index contributed by atoms with van der Waals surface area (Å²) < 4.78 is 27.7. The summed E-state index contributed by atoms with van der Waals surface area (Å²) in [6, 6.07) is 5.66. The second-order valence-corrected chi connectivity index (χ2v) is 10.6. The third-order valence-corrected chi connectivity index (χ3v) is 8.40. The molecule has 0 radical (unpaired) electrons. The minimum atomic E-state index is -3.53. The summed E-state index contributed by atoms with van der Waals surface area (Å²) in [5.41, 5.74) is 0.389. The zero-order valence-electron chi connectivity index (χ0n) is 15.4. The molecular weight excluding hydrogens is 430 g/mol. The molecule has 2 heterocycles. The fraction of sp³-hybridized carbons (Fsp3) is 0.632. The molecule has 1 aromatic rings. The van der Waals surface area contributed by atoms with Crippen molar-refractivity contribution in [3.8, 4) is 0 Å². The fourth-order valence-corrected chi connectivity index (χ4v) is 6.00. The molecule has 8 heteroatoms. The molecule has 3 aliphatic rings. The van der Waals surface area contributed by atoms with Crippen LogP contribution in [0.4, 0.5) is 0 Å². The molecule has 1 amide bonds. The molecule has 1 aromatic carbocycles. The molecule has 2 aliphatic heterocycles. The molecule has 4 rings (SSSR count). The highest BCUT2D eigenvalue weighted by atomic mass is 79.9. The zero-order valence-corrected chi connectivity index (χ0v) is 17.8. The Labute approximate surface area is 169 Å². The maximum absolute atomic E-state index is 12.8. The van der Waals surface area contributed by atoms with Gasteiger partial charge in [-0.25, -0.2) is 8.42 Å². The van der Waals surface area contributed by atoms with Gasteiger partial charge < -0.3 is 10.2 Å². The van der Waals surface area contributed by atoms with Crippen LogP contribution in [-0.2, 0) is 10.0 Å². The quantitative estimate of drug-likeness (QED) is 0.740. The standard InChI is InChI=1S/C19H26BrN3O3S/c20-18-6-5-16(27(25,26)23-9-1-2-10-23)13-17(18)19(24)21-14-7-11-22(12-8-14)15-3-4-15/h5-6,13-15H,1-4,7-12H2,(H,21,24). The van der Waals surface area contributed by atoms with Gasteiger partial charge in [0.05, 0.1) is 10.5 Å². The van der Waals surface area contributed by atoms with E-state index in [1.807, 2.05) is 0 Å². The maximum atomic E-state index is 12.8. The van der Waals surface area contributed by atoms with Gasteiger partial charge in [0, 0.05) is 42.7 Å². The zero-order chi connectivity index (χ0) is 19.0. The third-order valence-electron chi connectivity index (χ3n) is 5.81. The predicted octanol–water partition coefficient (Wildman–Crippen LogP) is 2.59. The van der Waals surface area contributed by atoms with Gasteiger partial charge in [-0.1, -0.05) is 0 Å². The summed E-state index contributed by atoms with van der Waals surface area (Å²) >= 11 is 3.41. The number of nitrogens with one attached hydrogen (secondary N) is 1. The number of benzene rings is 1. The van der Waals surface area contributed by atoms with E-state index in [9.17, 15) is 13.2 Å². The van der Waals surface area contributed by atoms with Crippen LogP contribution in [0.5, 0.6) is 0 Å². The van der Waals surface area contributed by atoms with Gasteiger partial charge in [-0.2, -0.15) is 4.31 Å². The van der Waals surface area contributed by atoms with Gasteiger partial charge in [0.1, 0.15) is 0 Å². The number of hydrogen-bond donors (Lipinski definition) is 1. The molecule has 0 unspecified atom stereocenters. The van der Waals surface area contributed by atoms with Crippen molar-refractivity contribution in [2.45, 2.75) is 55.5 Å². The highest BCUT2D eigenvalue weighted by Crippen LogP contribution is 2.30. The van der Waals surface area contributed by atoms with E-state index >= 15 is 0 Å². The molecule has 0 atom stereocenters. The van der Waals surface area contributed by atoms with Gasteiger partial charge in [-0.3, -0.25) is 4.79 Å². The molecule has 0 spiro atoms. The first kappa shape index (κ1) is 19.4. The summed E-state index contributed by atoms with van der Waals surface area (Å²) in [6.45, 7) is 3.17. The average Bonchev–Trinajstić information content (AvgIpc) is 3.35. The van der Waals surface area contributed by atoms with Crippen molar-refractivity contribution in [2.24, 2.45) is 0 Å². The Bertz CT molecular complexity index is 811. The molecule has 0 aromatic heterocycles. The summed E-state index contributed by atoms with van der Waals surface area (Å²) in [6.07, 6.45) is 6.30. The van der Waals surface area contributed by atoms with Gasteiger partial charge >= 0.3 is 0 Å². The van der Waals surface area contributed by atoms with Crippen LogP contribution in [0.15, 0.2) is 27.6 Å². The Hall–Kier alpha value is -0.960. The molecule has 27 heavy (non-hydrogen) atoms. The van der Waals surface area contributed by atoms with Gasteiger partial charge in [0.2, 0.25) is 10.0 Å². The summed E-state index contributed by atoms with van der Waals surface area (Å²) in [4.78, 5) is 15.5. The SMILES string of the molecule is O=C(NC1CCN(C2CC2)CC1)c1cc(S(=O)(=O)N2CCCC2)ccc1Br. The first-order valence-electron chi connectivity index (χ1n) is 9.80. The molecule has 1 N–H and O–H groups in total. The minimum Gasteiger partial charge on any atom is -0.349 e. The van der Waals surface area contributed by atoms with E-state index in [1.165, 1.54) is 23.2 Å². The largest absolute Gasteiger partial charge is 0.349 e. The van der Waals surface area contributed by atoms with Crippen molar-refractivity contribution >= 4 is 31.9 Å². The van der Waals surface area contributed by atoms with Gasteiger partial charge in [0.15, 0.2) is 0 Å². The number of carbonyl (C=O) groups excluding carboxylic acids is 1. The number of amides is 1. The van der Waals surface area contributed by atoms with E-state index in [0.29, 0.717) is 23.1 Å². The number of piperidine rings is 1. The Balaban J connectivity index is 1.45. The number of hydrogen-bond acceptors (Lipinski definition) is 4. The van der Waals surface area contributed by atoms with Crippen LogP contribution < -0.4 is 5.32 Å². The average molecular weight is 456 g/mol. The Morgan fingerprint density at radius 3 is 2.33 bits per heavy atom. The monoisotopic (exact) mass is 455 g/mol. The van der Waals surface area contributed by atoms with Crippen LogP contribution in [0.25, 0.3) is 0 Å². The first-order valence-corrected chi connectivity index (χ1v) is 12.0. The minimum absolute atomic E-state index is 0.151. The Kier molecular flexibility index (Phi) is 5.60. The predicted molar refractivity (Wildman–Crippen MR) is 107 cm³/mol. The smallest absolute Gasteiger partial charge is 0.252 e. The highest BCUT2D eigenvalue weighted by molar-refractivity contribution is 9.10. The number of carbonyl (C=O) groups is 1. The van der Waals surface area contributed by atoms with Crippen LogP contribution in [-0.4, -0.2) is 61.8 Å². The van der Waals surface area contributed by atoms with Gasteiger partial charge in [0.25, 0.3) is 5.91 Å².